The SMILES string of the molecule is Cc1sc2ncnc(N/N=C/c3cccc4cn[nH]c34)c2c1C. The summed E-state index contributed by atoms with van der Waals surface area (Å²) in [6.07, 6.45) is 5.12. The largest absolute Gasteiger partial charge is 0.277 e. The number of aryl methyl sites for hydroxylation is 2. The van der Waals surface area contributed by atoms with Crippen LogP contribution in [0.25, 0.3) is 21.1 Å². The van der Waals surface area contributed by atoms with Crippen molar-refractivity contribution in [3.63, 3.8) is 0 Å². The summed E-state index contributed by atoms with van der Waals surface area (Å²) in [5, 5.41) is 13.5. The Kier molecular flexibility index (Phi) is 3.27. The molecule has 0 aliphatic rings. The van der Waals surface area contributed by atoms with E-state index in [0.29, 0.717) is 0 Å². The summed E-state index contributed by atoms with van der Waals surface area (Å²) in [5.74, 6) is 0.727. The number of benzene rings is 1. The summed E-state index contributed by atoms with van der Waals surface area (Å²) in [4.78, 5) is 10.9. The molecular formula is C16H14N6S. The summed E-state index contributed by atoms with van der Waals surface area (Å²) in [7, 11) is 0. The third kappa shape index (κ3) is 2.35. The van der Waals surface area contributed by atoms with E-state index in [1.54, 1.807) is 30.1 Å². The van der Waals surface area contributed by atoms with Gasteiger partial charge >= 0.3 is 0 Å². The maximum absolute atomic E-state index is 4.33. The van der Waals surface area contributed by atoms with Crippen LogP contribution in [0.2, 0.25) is 0 Å². The van der Waals surface area contributed by atoms with Crippen LogP contribution in [0.4, 0.5) is 5.82 Å². The highest BCUT2D eigenvalue weighted by atomic mass is 32.1. The lowest BCUT2D eigenvalue weighted by Crippen LogP contribution is -1.96. The zero-order valence-electron chi connectivity index (χ0n) is 12.7. The Labute approximate surface area is 136 Å². The zero-order valence-corrected chi connectivity index (χ0v) is 13.5. The molecule has 0 spiro atoms. The van der Waals surface area contributed by atoms with Crippen molar-refractivity contribution in [3.8, 4) is 0 Å². The standard InChI is InChI=1S/C16H14N6S/c1-9-10(2)23-16-13(9)15(17-8-18-16)22-20-7-12-5-3-4-11-6-19-21-14(11)12/h3-8H,1-2H3,(H,19,21)(H,17,18,22)/b20-7+. The van der Waals surface area contributed by atoms with Crippen LogP contribution in [0, 0.1) is 13.8 Å². The number of thiophene rings is 1. The van der Waals surface area contributed by atoms with E-state index in [-0.39, 0.29) is 0 Å². The highest BCUT2D eigenvalue weighted by Gasteiger charge is 2.11. The monoisotopic (exact) mass is 322 g/mol. The van der Waals surface area contributed by atoms with Crippen molar-refractivity contribution in [3.05, 3.63) is 46.7 Å². The molecule has 0 fully saturated rings. The second-order valence-corrected chi connectivity index (χ2v) is 6.44. The van der Waals surface area contributed by atoms with E-state index in [1.165, 1.54) is 10.4 Å². The van der Waals surface area contributed by atoms with Crippen LogP contribution in [0.5, 0.6) is 0 Å². The molecular weight excluding hydrogens is 308 g/mol. The molecule has 0 aliphatic carbocycles. The number of aromatic amines is 1. The molecule has 4 aromatic rings. The molecule has 3 heterocycles. The minimum Gasteiger partial charge on any atom is -0.277 e. The molecule has 2 N–H and O–H groups in total. The molecule has 114 valence electrons. The van der Waals surface area contributed by atoms with Gasteiger partial charge in [-0.15, -0.1) is 11.3 Å². The first kappa shape index (κ1) is 13.8. The van der Waals surface area contributed by atoms with Crippen LogP contribution in [0.15, 0.2) is 35.8 Å². The van der Waals surface area contributed by atoms with Crippen LogP contribution < -0.4 is 5.43 Å². The quantitative estimate of drug-likeness (QED) is 0.446. The maximum atomic E-state index is 4.33. The zero-order chi connectivity index (χ0) is 15.8. The average Bonchev–Trinajstić information content (AvgIpc) is 3.14. The molecule has 0 amide bonds. The van der Waals surface area contributed by atoms with E-state index in [0.717, 1.165) is 32.5 Å². The van der Waals surface area contributed by atoms with E-state index in [9.17, 15) is 0 Å². The summed E-state index contributed by atoms with van der Waals surface area (Å²) in [6.45, 7) is 4.17. The van der Waals surface area contributed by atoms with E-state index in [2.05, 4.69) is 44.5 Å². The number of hydrogen-bond acceptors (Lipinski definition) is 6. The van der Waals surface area contributed by atoms with Gasteiger partial charge in [-0.2, -0.15) is 10.2 Å². The number of anilines is 1. The number of para-hydroxylation sites is 1. The van der Waals surface area contributed by atoms with Crippen molar-refractivity contribution in [1.82, 2.24) is 20.2 Å². The summed E-state index contributed by atoms with van der Waals surface area (Å²) >= 11 is 1.67. The minimum absolute atomic E-state index is 0.727. The van der Waals surface area contributed by atoms with Crippen molar-refractivity contribution < 1.29 is 0 Å². The highest BCUT2D eigenvalue weighted by molar-refractivity contribution is 7.18. The number of aromatic nitrogens is 4. The number of nitrogens with one attached hydrogen (secondary N) is 2. The number of H-pyrrole nitrogens is 1. The molecule has 0 saturated carbocycles. The molecule has 0 unspecified atom stereocenters. The fourth-order valence-electron chi connectivity index (χ4n) is 2.53. The van der Waals surface area contributed by atoms with Crippen LogP contribution in [-0.4, -0.2) is 26.4 Å². The first-order valence-corrected chi connectivity index (χ1v) is 7.97. The van der Waals surface area contributed by atoms with Crippen LogP contribution in [-0.2, 0) is 0 Å². The number of hydrazone groups is 1. The van der Waals surface area contributed by atoms with Crippen LogP contribution >= 0.6 is 11.3 Å². The van der Waals surface area contributed by atoms with E-state index in [1.807, 2.05) is 18.2 Å². The molecule has 4 rings (SSSR count). The average molecular weight is 322 g/mol. The maximum Gasteiger partial charge on any atom is 0.158 e. The Bertz CT molecular complexity index is 1030. The first-order valence-electron chi connectivity index (χ1n) is 7.16. The van der Waals surface area contributed by atoms with Crippen molar-refractivity contribution in [2.24, 2.45) is 5.10 Å². The van der Waals surface area contributed by atoms with Gasteiger partial charge in [-0.05, 0) is 19.4 Å². The molecule has 3 aromatic heterocycles. The second-order valence-electron chi connectivity index (χ2n) is 5.24. The van der Waals surface area contributed by atoms with Gasteiger partial charge < -0.3 is 0 Å². The van der Waals surface area contributed by atoms with E-state index < -0.39 is 0 Å². The number of hydrogen-bond donors (Lipinski definition) is 2. The first-order chi connectivity index (χ1) is 11.2. The summed E-state index contributed by atoms with van der Waals surface area (Å²) < 4.78 is 0. The Hall–Kier alpha value is -2.80. The molecule has 0 aliphatic heterocycles. The third-order valence-electron chi connectivity index (χ3n) is 3.85. The minimum atomic E-state index is 0.727. The smallest absolute Gasteiger partial charge is 0.158 e. The van der Waals surface area contributed by atoms with Gasteiger partial charge in [-0.1, -0.05) is 18.2 Å². The van der Waals surface area contributed by atoms with Gasteiger partial charge in [0.2, 0.25) is 0 Å². The molecule has 6 nitrogen and oxygen atoms in total. The number of rotatable bonds is 3. The van der Waals surface area contributed by atoms with Gasteiger partial charge in [0.05, 0.1) is 23.3 Å². The topological polar surface area (TPSA) is 78.8 Å². The molecule has 0 atom stereocenters. The van der Waals surface area contributed by atoms with Gasteiger partial charge in [0.25, 0.3) is 0 Å². The van der Waals surface area contributed by atoms with Crippen LogP contribution in [0.3, 0.4) is 0 Å². The Morgan fingerprint density at radius 2 is 2.17 bits per heavy atom. The van der Waals surface area contributed by atoms with Crippen molar-refractivity contribution in [2.75, 3.05) is 5.43 Å². The predicted molar refractivity (Wildman–Crippen MR) is 94.2 cm³/mol. The fourth-order valence-corrected chi connectivity index (χ4v) is 3.53. The summed E-state index contributed by atoms with van der Waals surface area (Å²) in [6, 6.07) is 5.98. The third-order valence-corrected chi connectivity index (χ3v) is 4.96. The lowest BCUT2D eigenvalue weighted by Gasteiger charge is -2.02. The Balaban J connectivity index is 1.68. The lowest BCUT2D eigenvalue weighted by molar-refractivity contribution is 1.12. The predicted octanol–water partition coefficient (Wildman–Crippen LogP) is 3.63. The number of nitrogens with zero attached hydrogens (tertiary/aromatic N) is 4. The van der Waals surface area contributed by atoms with Gasteiger partial charge in [-0.25, -0.2) is 9.97 Å². The van der Waals surface area contributed by atoms with Crippen molar-refractivity contribution >= 4 is 44.5 Å². The highest BCUT2D eigenvalue weighted by Crippen LogP contribution is 2.32. The van der Waals surface area contributed by atoms with Gasteiger partial charge in [-0.3, -0.25) is 10.5 Å². The van der Waals surface area contributed by atoms with Gasteiger partial charge in [0, 0.05) is 15.8 Å². The van der Waals surface area contributed by atoms with Crippen molar-refractivity contribution in [1.29, 1.82) is 0 Å². The second kappa shape index (κ2) is 5.44. The molecule has 23 heavy (non-hydrogen) atoms. The van der Waals surface area contributed by atoms with Gasteiger partial charge in [0.15, 0.2) is 5.82 Å². The Morgan fingerprint density at radius 1 is 1.26 bits per heavy atom. The van der Waals surface area contributed by atoms with Crippen molar-refractivity contribution in [2.45, 2.75) is 13.8 Å². The molecule has 0 bridgehead atoms. The van der Waals surface area contributed by atoms with E-state index >= 15 is 0 Å². The van der Waals surface area contributed by atoms with Crippen LogP contribution in [0.1, 0.15) is 16.0 Å². The molecule has 0 radical (unpaired) electrons. The Morgan fingerprint density at radius 3 is 3.09 bits per heavy atom. The summed E-state index contributed by atoms with van der Waals surface area (Å²) in [5.41, 5.74) is 6.17. The normalized spacial score (nSPS) is 11.7. The molecule has 1 aromatic carbocycles. The van der Waals surface area contributed by atoms with E-state index in [4.69, 9.17) is 0 Å². The molecule has 7 heteroatoms. The lowest BCUT2D eigenvalue weighted by atomic mass is 10.2. The van der Waals surface area contributed by atoms with Gasteiger partial charge in [0.1, 0.15) is 11.2 Å². The molecule has 0 saturated heterocycles. The number of fused-ring (bicyclic) bond motifs is 2. The fraction of sp³-hybridized carbons (Fsp3) is 0.125.